The Morgan fingerprint density at radius 2 is 2.00 bits per heavy atom. The maximum Gasteiger partial charge on any atom is 0.433 e. The number of fused-ring (bicyclic) bond motifs is 1. The summed E-state index contributed by atoms with van der Waals surface area (Å²) in [6.45, 7) is 0.605. The van der Waals surface area contributed by atoms with Gasteiger partial charge in [0, 0.05) is 0 Å². The van der Waals surface area contributed by atoms with Crippen molar-refractivity contribution in [2.45, 2.75) is 12.6 Å². The van der Waals surface area contributed by atoms with E-state index in [1.807, 2.05) is 0 Å². The molecular weight excluding hydrogens is 353 g/mol. The highest BCUT2D eigenvalue weighted by molar-refractivity contribution is 5.98. The number of alkyl halides is 3. The van der Waals surface area contributed by atoms with Crippen LogP contribution < -0.4 is 10.1 Å². The van der Waals surface area contributed by atoms with E-state index in [9.17, 15) is 22.8 Å². The number of carbonyl (C=O) groups excluding carboxylic acids is 1. The number of pyridine rings is 1. The van der Waals surface area contributed by atoms with Crippen LogP contribution in [0.25, 0.3) is 11.1 Å². The van der Waals surface area contributed by atoms with Crippen LogP contribution in [0.2, 0.25) is 0 Å². The van der Waals surface area contributed by atoms with Crippen molar-refractivity contribution in [1.82, 2.24) is 10.3 Å². The Kier molecular flexibility index (Phi) is 4.54. The van der Waals surface area contributed by atoms with Crippen LogP contribution in [0.15, 0.2) is 30.3 Å². The molecule has 3 rings (SSSR count). The van der Waals surface area contributed by atoms with Crippen LogP contribution in [-0.2, 0) is 17.4 Å². The van der Waals surface area contributed by atoms with E-state index in [4.69, 9.17) is 9.84 Å². The van der Waals surface area contributed by atoms with Crippen LogP contribution in [0.4, 0.5) is 13.2 Å². The first-order chi connectivity index (χ1) is 12.2. The molecule has 1 aliphatic rings. The van der Waals surface area contributed by atoms with Crippen molar-refractivity contribution in [3.05, 3.63) is 47.3 Å². The number of carboxylic acid groups (broad SMARTS) is 1. The third-order valence-electron chi connectivity index (χ3n) is 3.70. The van der Waals surface area contributed by atoms with Gasteiger partial charge in [0.25, 0.3) is 5.91 Å². The summed E-state index contributed by atoms with van der Waals surface area (Å²) in [7, 11) is 0. The summed E-state index contributed by atoms with van der Waals surface area (Å²) in [4.78, 5) is 26.3. The normalized spacial score (nSPS) is 14.0. The van der Waals surface area contributed by atoms with E-state index in [1.54, 1.807) is 0 Å². The number of nitrogens with zero attached hydrogens (tertiary/aromatic N) is 1. The molecule has 0 atom stereocenters. The number of aliphatic carboxylic acids is 1. The lowest BCUT2D eigenvalue weighted by atomic mass is 10.0. The molecule has 9 heteroatoms. The minimum absolute atomic E-state index is 0.114. The van der Waals surface area contributed by atoms with Crippen LogP contribution in [0, 0.1) is 0 Å². The zero-order valence-corrected chi connectivity index (χ0v) is 13.3. The van der Waals surface area contributed by atoms with Gasteiger partial charge in [0.2, 0.25) is 0 Å². The van der Waals surface area contributed by atoms with Crippen molar-refractivity contribution in [3.8, 4) is 16.9 Å². The highest BCUT2D eigenvalue weighted by atomic mass is 19.4. The summed E-state index contributed by atoms with van der Waals surface area (Å²) in [5.74, 6) is -1.35. The molecule has 1 aromatic heterocycles. The first kappa shape index (κ1) is 17.7. The highest BCUT2D eigenvalue weighted by Gasteiger charge is 2.33. The summed E-state index contributed by atoms with van der Waals surface area (Å²) < 4.78 is 44.7. The minimum atomic E-state index is -4.73. The monoisotopic (exact) mass is 366 g/mol. The molecule has 0 saturated heterocycles. The van der Waals surface area contributed by atoms with Crippen LogP contribution in [0.3, 0.4) is 0 Å². The molecule has 0 saturated carbocycles. The Morgan fingerprint density at radius 3 is 2.69 bits per heavy atom. The van der Waals surface area contributed by atoms with Gasteiger partial charge in [-0.1, -0.05) is 6.07 Å². The number of nitrogens with one attached hydrogen (secondary N) is 1. The van der Waals surface area contributed by atoms with Gasteiger partial charge in [-0.05, 0) is 35.4 Å². The van der Waals surface area contributed by atoms with Gasteiger partial charge < -0.3 is 15.2 Å². The first-order valence-electron chi connectivity index (χ1n) is 7.59. The molecule has 0 spiro atoms. The van der Waals surface area contributed by atoms with Gasteiger partial charge in [-0.15, -0.1) is 0 Å². The van der Waals surface area contributed by atoms with Gasteiger partial charge in [-0.25, -0.2) is 4.98 Å². The molecule has 1 aromatic carbocycles. The van der Waals surface area contributed by atoms with E-state index in [1.165, 1.54) is 24.3 Å². The Morgan fingerprint density at radius 1 is 1.23 bits per heavy atom. The number of benzene rings is 1. The average Bonchev–Trinajstić information content (AvgIpc) is 2.74. The molecule has 2 aromatic rings. The van der Waals surface area contributed by atoms with E-state index in [2.05, 4.69) is 10.3 Å². The van der Waals surface area contributed by atoms with Gasteiger partial charge in [0.15, 0.2) is 0 Å². The Bertz CT molecular complexity index is 881. The van der Waals surface area contributed by atoms with E-state index >= 15 is 0 Å². The van der Waals surface area contributed by atoms with Crippen LogP contribution >= 0.6 is 0 Å². The molecule has 26 heavy (non-hydrogen) atoms. The Balaban J connectivity index is 2.11. The van der Waals surface area contributed by atoms with Gasteiger partial charge >= 0.3 is 12.1 Å². The fraction of sp³-hybridized carbons (Fsp3) is 0.235. The quantitative estimate of drug-likeness (QED) is 0.872. The van der Waals surface area contributed by atoms with E-state index in [-0.39, 0.29) is 23.4 Å². The fourth-order valence-electron chi connectivity index (χ4n) is 2.58. The van der Waals surface area contributed by atoms with Gasteiger partial charge in [-0.2, -0.15) is 13.2 Å². The standard InChI is InChI=1S/C17H13F3N2O4/c18-17(19,20)14-7-10(5-11(22-14)8-15(23)24)9-1-2-13-12(6-9)16(25)21-3-4-26-13/h1-2,5-7H,3-4,8H2,(H,21,25)(H,23,24). The molecule has 0 unspecified atom stereocenters. The van der Waals surface area contributed by atoms with E-state index < -0.39 is 30.2 Å². The summed E-state index contributed by atoms with van der Waals surface area (Å²) in [5, 5.41) is 11.5. The predicted molar refractivity (Wildman–Crippen MR) is 83.8 cm³/mol. The topological polar surface area (TPSA) is 88.5 Å². The number of halogens is 3. The maximum atomic E-state index is 13.1. The molecule has 136 valence electrons. The number of hydrogen-bond donors (Lipinski definition) is 2. The molecule has 2 N–H and O–H groups in total. The van der Waals surface area contributed by atoms with Crippen LogP contribution in [0.1, 0.15) is 21.7 Å². The average molecular weight is 366 g/mol. The second-order valence-electron chi connectivity index (χ2n) is 5.62. The molecule has 0 fully saturated rings. The molecule has 1 aliphatic heterocycles. The van der Waals surface area contributed by atoms with Gasteiger partial charge in [0.05, 0.1) is 24.2 Å². The third kappa shape index (κ3) is 3.76. The number of carbonyl (C=O) groups is 2. The predicted octanol–water partition coefficient (Wildman–Crippen LogP) is 2.52. The summed E-state index contributed by atoms with van der Waals surface area (Å²) in [5.41, 5.74) is -0.780. The van der Waals surface area contributed by atoms with Gasteiger partial charge in [-0.3, -0.25) is 9.59 Å². The Hall–Kier alpha value is -3.10. The molecule has 0 radical (unpaired) electrons. The first-order valence-corrected chi connectivity index (χ1v) is 7.59. The lowest BCUT2D eigenvalue weighted by molar-refractivity contribution is -0.142. The van der Waals surface area contributed by atoms with Crippen LogP contribution in [-0.4, -0.2) is 35.1 Å². The zero-order chi connectivity index (χ0) is 18.9. The van der Waals surface area contributed by atoms with Crippen molar-refractivity contribution >= 4 is 11.9 Å². The SMILES string of the molecule is O=C(O)Cc1cc(-c2ccc3c(c2)C(=O)NCCO3)cc(C(F)(F)F)n1. The van der Waals surface area contributed by atoms with Crippen molar-refractivity contribution in [3.63, 3.8) is 0 Å². The lowest BCUT2D eigenvalue weighted by Gasteiger charge is -2.12. The smallest absolute Gasteiger partial charge is 0.433 e. The van der Waals surface area contributed by atoms with Crippen molar-refractivity contribution < 1.29 is 32.6 Å². The maximum absolute atomic E-state index is 13.1. The molecule has 6 nitrogen and oxygen atoms in total. The number of carboxylic acids is 1. The molecule has 0 bridgehead atoms. The minimum Gasteiger partial charge on any atom is -0.491 e. The molecule has 1 amide bonds. The van der Waals surface area contributed by atoms with Crippen molar-refractivity contribution in [2.75, 3.05) is 13.2 Å². The second kappa shape index (κ2) is 6.66. The second-order valence-corrected chi connectivity index (χ2v) is 5.62. The van der Waals surface area contributed by atoms with Crippen molar-refractivity contribution in [1.29, 1.82) is 0 Å². The number of amides is 1. The number of hydrogen-bond acceptors (Lipinski definition) is 4. The summed E-state index contributed by atoms with van der Waals surface area (Å²) in [6.07, 6.45) is -5.37. The van der Waals surface area contributed by atoms with E-state index in [0.29, 0.717) is 17.9 Å². The Labute approximate surface area is 145 Å². The summed E-state index contributed by atoms with van der Waals surface area (Å²) >= 11 is 0. The summed E-state index contributed by atoms with van der Waals surface area (Å²) in [6, 6.07) is 6.51. The number of rotatable bonds is 3. The molecule has 2 heterocycles. The fourth-order valence-corrected chi connectivity index (χ4v) is 2.58. The van der Waals surface area contributed by atoms with Crippen LogP contribution in [0.5, 0.6) is 5.75 Å². The zero-order valence-electron chi connectivity index (χ0n) is 13.3. The highest BCUT2D eigenvalue weighted by Crippen LogP contribution is 2.33. The molecule has 0 aliphatic carbocycles. The number of ether oxygens (including phenoxy) is 1. The number of aromatic nitrogens is 1. The largest absolute Gasteiger partial charge is 0.491 e. The van der Waals surface area contributed by atoms with Gasteiger partial charge in [0.1, 0.15) is 18.1 Å². The van der Waals surface area contributed by atoms with E-state index in [0.717, 1.165) is 6.07 Å². The van der Waals surface area contributed by atoms with Crippen molar-refractivity contribution in [2.24, 2.45) is 0 Å². The lowest BCUT2D eigenvalue weighted by Crippen LogP contribution is -2.24. The third-order valence-corrected chi connectivity index (χ3v) is 3.70. The molecular formula is C17H13F3N2O4.